The molecule has 1 aliphatic heterocycles. The predicted octanol–water partition coefficient (Wildman–Crippen LogP) is 2.20. The number of benzene rings is 1. The SMILES string of the molecule is CC1CN(C(=O)NCc2ccccc2Cl)CC1C(=O)O. The summed E-state index contributed by atoms with van der Waals surface area (Å²) in [4.78, 5) is 24.6. The molecular weight excluding hydrogens is 280 g/mol. The number of aliphatic carboxylic acids is 1. The van der Waals surface area contributed by atoms with Crippen LogP contribution in [0.3, 0.4) is 0 Å². The van der Waals surface area contributed by atoms with Crippen LogP contribution in [-0.2, 0) is 11.3 Å². The molecule has 5 nitrogen and oxygen atoms in total. The Morgan fingerprint density at radius 1 is 1.40 bits per heavy atom. The minimum Gasteiger partial charge on any atom is -0.481 e. The Bertz CT molecular complexity index is 521. The first-order chi connectivity index (χ1) is 9.49. The van der Waals surface area contributed by atoms with Gasteiger partial charge in [0.1, 0.15) is 0 Å². The van der Waals surface area contributed by atoms with Crippen molar-refractivity contribution in [2.24, 2.45) is 11.8 Å². The number of halogens is 1. The smallest absolute Gasteiger partial charge is 0.317 e. The van der Waals surface area contributed by atoms with Crippen molar-refractivity contribution in [2.75, 3.05) is 13.1 Å². The highest BCUT2D eigenvalue weighted by molar-refractivity contribution is 6.31. The molecule has 0 aromatic heterocycles. The third kappa shape index (κ3) is 3.22. The molecule has 0 spiro atoms. The molecule has 2 rings (SSSR count). The Balaban J connectivity index is 1.90. The van der Waals surface area contributed by atoms with Crippen molar-refractivity contribution in [2.45, 2.75) is 13.5 Å². The molecule has 0 bridgehead atoms. The Hall–Kier alpha value is -1.75. The Kier molecular flexibility index (Phi) is 4.49. The monoisotopic (exact) mass is 296 g/mol. The maximum Gasteiger partial charge on any atom is 0.317 e. The first-order valence-corrected chi connectivity index (χ1v) is 6.86. The first-order valence-electron chi connectivity index (χ1n) is 6.48. The topological polar surface area (TPSA) is 69.6 Å². The summed E-state index contributed by atoms with van der Waals surface area (Å²) in [6.07, 6.45) is 0. The summed E-state index contributed by atoms with van der Waals surface area (Å²) >= 11 is 6.01. The number of carbonyl (C=O) groups excluding carboxylic acids is 1. The van der Waals surface area contributed by atoms with Crippen molar-refractivity contribution in [1.29, 1.82) is 0 Å². The van der Waals surface area contributed by atoms with Gasteiger partial charge in [0.2, 0.25) is 0 Å². The summed E-state index contributed by atoms with van der Waals surface area (Å²) in [6, 6.07) is 7.04. The van der Waals surface area contributed by atoms with Crippen LogP contribution in [0.4, 0.5) is 4.79 Å². The van der Waals surface area contributed by atoms with E-state index in [9.17, 15) is 9.59 Å². The summed E-state index contributed by atoms with van der Waals surface area (Å²) in [5.74, 6) is -1.36. The molecule has 1 aromatic carbocycles. The fourth-order valence-electron chi connectivity index (χ4n) is 2.38. The van der Waals surface area contributed by atoms with Gasteiger partial charge in [0.25, 0.3) is 0 Å². The highest BCUT2D eigenvalue weighted by atomic mass is 35.5. The van der Waals surface area contributed by atoms with Gasteiger partial charge in [0.15, 0.2) is 0 Å². The van der Waals surface area contributed by atoms with Gasteiger partial charge in [0.05, 0.1) is 5.92 Å². The van der Waals surface area contributed by atoms with Crippen molar-refractivity contribution in [3.8, 4) is 0 Å². The maximum absolute atomic E-state index is 12.0. The average molecular weight is 297 g/mol. The molecular formula is C14H17ClN2O3. The summed E-state index contributed by atoms with van der Waals surface area (Å²) in [7, 11) is 0. The number of amides is 2. The Morgan fingerprint density at radius 3 is 2.70 bits per heavy atom. The number of carbonyl (C=O) groups is 2. The van der Waals surface area contributed by atoms with Crippen LogP contribution in [0.25, 0.3) is 0 Å². The number of hydrogen-bond donors (Lipinski definition) is 2. The van der Waals surface area contributed by atoms with Crippen molar-refractivity contribution in [1.82, 2.24) is 10.2 Å². The van der Waals surface area contributed by atoms with E-state index in [1.54, 1.807) is 11.0 Å². The maximum atomic E-state index is 12.0. The van der Waals surface area contributed by atoms with Gasteiger partial charge in [0, 0.05) is 24.7 Å². The van der Waals surface area contributed by atoms with Crippen molar-refractivity contribution < 1.29 is 14.7 Å². The van der Waals surface area contributed by atoms with Crippen LogP contribution in [0.2, 0.25) is 5.02 Å². The number of carboxylic acids is 1. The number of rotatable bonds is 3. The molecule has 0 aliphatic carbocycles. The highest BCUT2D eigenvalue weighted by Crippen LogP contribution is 2.23. The van der Waals surface area contributed by atoms with Crippen LogP contribution in [0.5, 0.6) is 0 Å². The molecule has 2 N–H and O–H groups in total. The highest BCUT2D eigenvalue weighted by Gasteiger charge is 2.36. The van der Waals surface area contributed by atoms with E-state index in [1.807, 2.05) is 25.1 Å². The molecule has 1 fully saturated rings. The average Bonchev–Trinajstić information content (AvgIpc) is 2.80. The molecule has 2 atom stereocenters. The van der Waals surface area contributed by atoms with Gasteiger partial charge >= 0.3 is 12.0 Å². The quantitative estimate of drug-likeness (QED) is 0.898. The standard InChI is InChI=1S/C14H17ClN2O3/c1-9-7-17(8-11(9)13(18)19)14(20)16-6-10-4-2-3-5-12(10)15/h2-5,9,11H,6-8H2,1H3,(H,16,20)(H,18,19). The van der Waals surface area contributed by atoms with Crippen LogP contribution in [0, 0.1) is 11.8 Å². The van der Waals surface area contributed by atoms with E-state index in [4.69, 9.17) is 16.7 Å². The number of nitrogens with one attached hydrogen (secondary N) is 1. The van der Waals surface area contributed by atoms with E-state index < -0.39 is 11.9 Å². The normalized spacial score (nSPS) is 21.8. The first kappa shape index (κ1) is 14.7. The largest absolute Gasteiger partial charge is 0.481 e. The molecule has 1 aromatic rings. The third-order valence-corrected chi connectivity index (χ3v) is 3.97. The van der Waals surface area contributed by atoms with Gasteiger partial charge in [-0.25, -0.2) is 4.79 Å². The number of likely N-dealkylation sites (tertiary alicyclic amines) is 1. The second-order valence-corrected chi connectivity index (χ2v) is 5.48. The van der Waals surface area contributed by atoms with E-state index in [1.165, 1.54) is 0 Å². The summed E-state index contributed by atoms with van der Waals surface area (Å²) in [5, 5.41) is 12.4. The van der Waals surface area contributed by atoms with Crippen molar-refractivity contribution >= 4 is 23.6 Å². The lowest BCUT2D eigenvalue weighted by Crippen LogP contribution is -2.38. The van der Waals surface area contributed by atoms with Gasteiger partial charge in [-0.05, 0) is 17.5 Å². The molecule has 0 saturated carbocycles. The number of hydrogen-bond acceptors (Lipinski definition) is 2. The van der Waals surface area contributed by atoms with Crippen LogP contribution in [0.1, 0.15) is 12.5 Å². The fraction of sp³-hybridized carbons (Fsp3) is 0.429. The number of urea groups is 1. The van der Waals surface area contributed by atoms with Crippen molar-refractivity contribution in [3.63, 3.8) is 0 Å². The zero-order chi connectivity index (χ0) is 14.7. The summed E-state index contributed by atoms with van der Waals surface area (Å²) in [6.45, 7) is 2.90. The number of nitrogens with zero attached hydrogens (tertiary/aromatic N) is 1. The van der Waals surface area contributed by atoms with E-state index in [0.29, 0.717) is 18.1 Å². The fourth-order valence-corrected chi connectivity index (χ4v) is 2.58. The molecule has 1 heterocycles. The van der Waals surface area contributed by atoms with Gasteiger partial charge in [-0.2, -0.15) is 0 Å². The van der Waals surface area contributed by atoms with Gasteiger partial charge < -0.3 is 15.3 Å². The zero-order valence-corrected chi connectivity index (χ0v) is 11.9. The van der Waals surface area contributed by atoms with E-state index in [0.717, 1.165) is 5.56 Å². The molecule has 20 heavy (non-hydrogen) atoms. The zero-order valence-electron chi connectivity index (χ0n) is 11.2. The third-order valence-electron chi connectivity index (χ3n) is 3.60. The van der Waals surface area contributed by atoms with E-state index >= 15 is 0 Å². The minimum atomic E-state index is -0.848. The molecule has 6 heteroatoms. The molecule has 108 valence electrons. The number of carboxylic acid groups (broad SMARTS) is 1. The molecule has 1 aliphatic rings. The summed E-state index contributed by atoms with van der Waals surface area (Å²) in [5.41, 5.74) is 0.838. The van der Waals surface area contributed by atoms with Gasteiger partial charge in [-0.1, -0.05) is 36.7 Å². The second-order valence-electron chi connectivity index (χ2n) is 5.08. The van der Waals surface area contributed by atoms with Gasteiger partial charge in [-0.15, -0.1) is 0 Å². The molecule has 0 radical (unpaired) electrons. The minimum absolute atomic E-state index is 0.0291. The molecule has 2 amide bonds. The van der Waals surface area contributed by atoms with E-state index in [-0.39, 0.29) is 18.5 Å². The van der Waals surface area contributed by atoms with Crippen LogP contribution in [-0.4, -0.2) is 35.1 Å². The lowest BCUT2D eigenvalue weighted by Gasteiger charge is -2.17. The van der Waals surface area contributed by atoms with Crippen LogP contribution < -0.4 is 5.32 Å². The van der Waals surface area contributed by atoms with Crippen LogP contribution in [0.15, 0.2) is 24.3 Å². The molecule has 1 saturated heterocycles. The van der Waals surface area contributed by atoms with E-state index in [2.05, 4.69) is 5.32 Å². The summed E-state index contributed by atoms with van der Waals surface area (Å²) < 4.78 is 0. The Morgan fingerprint density at radius 2 is 2.10 bits per heavy atom. The van der Waals surface area contributed by atoms with Crippen LogP contribution >= 0.6 is 11.6 Å². The second kappa shape index (κ2) is 6.13. The van der Waals surface area contributed by atoms with Gasteiger partial charge in [-0.3, -0.25) is 4.79 Å². The lowest BCUT2D eigenvalue weighted by atomic mass is 9.99. The van der Waals surface area contributed by atoms with Crippen molar-refractivity contribution in [3.05, 3.63) is 34.9 Å². The Labute approximate surface area is 122 Å². The predicted molar refractivity (Wildman–Crippen MR) is 75.6 cm³/mol. The lowest BCUT2D eigenvalue weighted by molar-refractivity contribution is -0.142. The molecule has 2 unspecified atom stereocenters.